The standard InChI is InChI=1S/C9H12N2O/c1-2-3-4-9(12)8-5-10-7-11-6-8/h5-7H,2-4H2,1H3. The van der Waals surface area contributed by atoms with E-state index in [0.29, 0.717) is 12.0 Å². The zero-order chi connectivity index (χ0) is 8.81. The Morgan fingerprint density at radius 1 is 1.42 bits per heavy atom. The summed E-state index contributed by atoms with van der Waals surface area (Å²) >= 11 is 0. The quantitative estimate of drug-likeness (QED) is 0.638. The van der Waals surface area contributed by atoms with Gasteiger partial charge in [0.1, 0.15) is 6.33 Å². The van der Waals surface area contributed by atoms with Crippen LogP contribution < -0.4 is 0 Å². The summed E-state index contributed by atoms with van der Waals surface area (Å²) in [5, 5.41) is 0. The molecule has 0 aliphatic carbocycles. The SMILES string of the molecule is CCCCC(=O)c1cncnc1. The van der Waals surface area contributed by atoms with Crippen molar-refractivity contribution in [3.8, 4) is 0 Å². The first-order chi connectivity index (χ1) is 5.84. The average Bonchev–Trinajstić information content (AvgIpc) is 2.15. The molecule has 1 aromatic heterocycles. The molecule has 0 atom stereocenters. The van der Waals surface area contributed by atoms with E-state index in [1.165, 1.54) is 6.33 Å². The molecule has 3 heteroatoms. The highest BCUT2D eigenvalue weighted by Gasteiger charge is 2.03. The van der Waals surface area contributed by atoms with Crippen LogP contribution in [-0.4, -0.2) is 15.8 Å². The van der Waals surface area contributed by atoms with E-state index in [1.54, 1.807) is 12.4 Å². The van der Waals surface area contributed by atoms with Gasteiger partial charge in [0.05, 0.1) is 5.56 Å². The molecule has 1 heterocycles. The first-order valence-corrected chi connectivity index (χ1v) is 4.12. The van der Waals surface area contributed by atoms with Gasteiger partial charge in [0, 0.05) is 18.8 Å². The summed E-state index contributed by atoms with van der Waals surface area (Å²) in [6.07, 6.45) is 7.13. The number of Topliss-reactive ketones (excluding diaryl/α,β-unsaturated/α-hetero) is 1. The molecule has 0 amide bonds. The first kappa shape index (κ1) is 8.84. The van der Waals surface area contributed by atoms with E-state index < -0.39 is 0 Å². The summed E-state index contributed by atoms with van der Waals surface area (Å²) in [7, 11) is 0. The minimum absolute atomic E-state index is 0.137. The highest BCUT2D eigenvalue weighted by Crippen LogP contribution is 2.03. The monoisotopic (exact) mass is 164 g/mol. The van der Waals surface area contributed by atoms with Crippen LogP contribution >= 0.6 is 0 Å². The second-order valence-electron chi connectivity index (χ2n) is 2.65. The van der Waals surface area contributed by atoms with Crippen molar-refractivity contribution in [1.29, 1.82) is 0 Å². The van der Waals surface area contributed by atoms with E-state index >= 15 is 0 Å². The molecule has 0 saturated carbocycles. The topological polar surface area (TPSA) is 42.9 Å². The number of hydrogen-bond acceptors (Lipinski definition) is 3. The summed E-state index contributed by atoms with van der Waals surface area (Å²) in [6, 6.07) is 0. The summed E-state index contributed by atoms with van der Waals surface area (Å²) in [5.74, 6) is 0.137. The maximum Gasteiger partial charge on any atom is 0.165 e. The fourth-order valence-corrected chi connectivity index (χ4v) is 0.925. The molecule has 0 radical (unpaired) electrons. The van der Waals surface area contributed by atoms with Gasteiger partial charge in [-0.3, -0.25) is 4.79 Å². The molecule has 1 aromatic rings. The highest BCUT2D eigenvalue weighted by molar-refractivity contribution is 5.95. The van der Waals surface area contributed by atoms with Crippen LogP contribution in [0, 0.1) is 0 Å². The van der Waals surface area contributed by atoms with Gasteiger partial charge in [-0.1, -0.05) is 13.3 Å². The lowest BCUT2D eigenvalue weighted by atomic mass is 10.1. The Morgan fingerprint density at radius 2 is 2.08 bits per heavy atom. The molecular weight excluding hydrogens is 152 g/mol. The molecule has 1 rings (SSSR count). The van der Waals surface area contributed by atoms with Crippen LogP contribution in [0.3, 0.4) is 0 Å². The van der Waals surface area contributed by atoms with Gasteiger partial charge in [-0.25, -0.2) is 9.97 Å². The molecule has 0 unspecified atom stereocenters. The molecular formula is C9H12N2O. The van der Waals surface area contributed by atoms with Crippen molar-refractivity contribution in [2.24, 2.45) is 0 Å². The second kappa shape index (κ2) is 4.59. The van der Waals surface area contributed by atoms with Crippen molar-refractivity contribution in [1.82, 2.24) is 9.97 Å². The van der Waals surface area contributed by atoms with Crippen molar-refractivity contribution in [3.63, 3.8) is 0 Å². The van der Waals surface area contributed by atoms with Crippen LogP contribution in [-0.2, 0) is 0 Å². The maximum absolute atomic E-state index is 11.3. The van der Waals surface area contributed by atoms with Gasteiger partial charge in [0.25, 0.3) is 0 Å². The van der Waals surface area contributed by atoms with Crippen LogP contribution in [0.1, 0.15) is 36.5 Å². The predicted octanol–water partition coefficient (Wildman–Crippen LogP) is 1.85. The Labute approximate surface area is 71.9 Å². The fraction of sp³-hybridized carbons (Fsp3) is 0.444. The predicted molar refractivity (Wildman–Crippen MR) is 45.9 cm³/mol. The third kappa shape index (κ3) is 2.42. The van der Waals surface area contributed by atoms with Crippen molar-refractivity contribution < 1.29 is 4.79 Å². The molecule has 12 heavy (non-hydrogen) atoms. The third-order valence-electron chi connectivity index (χ3n) is 1.64. The van der Waals surface area contributed by atoms with E-state index in [1.807, 2.05) is 0 Å². The molecule has 0 bridgehead atoms. The Bertz CT molecular complexity index is 246. The number of unbranched alkanes of at least 4 members (excludes halogenated alkanes) is 1. The largest absolute Gasteiger partial charge is 0.294 e. The van der Waals surface area contributed by atoms with E-state index in [9.17, 15) is 4.79 Å². The Kier molecular flexibility index (Phi) is 3.38. The molecule has 3 nitrogen and oxygen atoms in total. The van der Waals surface area contributed by atoms with Crippen LogP contribution in [0.4, 0.5) is 0 Å². The van der Waals surface area contributed by atoms with Crippen LogP contribution in [0.2, 0.25) is 0 Å². The second-order valence-corrected chi connectivity index (χ2v) is 2.65. The van der Waals surface area contributed by atoms with Crippen molar-refractivity contribution >= 4 is 5.78 Å². The minimum Gasteiger partial charge on any atom is -0.294 e. The molecule has 0 fully saturated rings. The zero-order valence-corrected chi connectivity index (χ0v) is 7.16. The Morgan fingerprint density at radius 3 is 2.67 bits per heavy atom. The van der Waals surface area contributed by atoms with Gasteiger partial charge in [-0.15, -0.1) is 0 Å². The van der Waals surface area contributed by atoms with E-state index in [0.717, 1.165) is 12.8 Å². The maximum atomic E-state index is 11.3. The molecule has 0 saturated heterocycles. The van der Waals surface area contributed by atoms with Crippen LogP contribution in [0.15, 0.2) is 18.7 Å². The smallest absolute Gasteiger partial charge is 0.165 e. The number of ketones is 1. The number of hydrogen-bond donors (Lipinski definition) is 0. The molecule has 0 aliphatic heterocycles. The number of aromatic nitrogens is 2. The van der Waals surface area contributed by atoms with Gasteiger partial charge in [0.2, 0.25) is 0 Å². The van der Waals surface area contributed by atoms with E-state index in [4.69, 9.17) is 0 Å². The van der Waals surface area contributed by atoms with Crippen LogP contribution in [0.25, 0.3) is 0 Å². The van der Waals surface area contributed by atoms with Crippen molar-refractivity contribution in [2.75, 3.05) is 0 Å². The molecule has 64 valence electrons. The van der Waals surface area contributed by atoms with Gasteiger partial charge in [-0.2, -0.15) is 0 Å². The number of carbonyl (C=O) groups excluding carboxylic acids is 1. The fourth-order valence-electron chi connectivity index (χ4n) is 0.925. The van der Waals surface area contributed by atoms with Gasteiger partial charge >= 0.3 is 0 Å². The zero-order valence-electron chi connectivity index (χ0n) is 7.16. The Balaban J connectivity index is 2.54. The minimum atomic E-state index is 0.137. The number of nitrogens with zero attached hydrogens (tertiary/aromatic N) is 2. The summed E-state index contributed by atoms with van der Waals surface area (Å²) in [5.41, 5.74) is 0.617. The molecule has 0 N–H and O–H groups in total. The van der Waals surface area contributed by atoms with Crippen molar-refractivity contribution in [3.05, 3.63) is 24.3 Å². The number of carbonyl (C=O) groups is 1. The molecule has 0 aliphatic rings. The normalized spacial score (nSPS) is 9.75. The summed E-state index contributed by atoms with van der Waals surface area (Å²) in [4.78, 5) is 18.9. The molecule has 0 aromatic carbocycles. The van der Waals surface area contributed by atoms with Gasteiger partial charge in [-0.05, 0) is 6.42 Å². The lowest BCUT2D eigenvalue weighted by Crippen LogP contribution is -1.99. The van der Waals surface area contributed by atoms with Gasteiger partial charge in [0.15, 0.2) is 5.78 Å². The van der Waals surface area contributed by atoms with E-state index in [2.05, 4.69) is 16.9 Å². The third-order valence-corrected chi connectivity index (χ3v) is 1.64. The van der Waals surface area contributed by atoms with Gasteiger partial charge < -0.3 is 0 Å². The molecule has 0 spiro atoms. The van der Waals surface area contributed by atoms with E-state index in [-0.39, 0.29) is 5.78 Å². The summed E-state index contributed by atoms with van der Waals surface area (Å²) < 4.78 is 0. The van der Waals surface area contributed by atoms with Crippen LogP contribution in [0.5, 0.6) is 0 Å². The lowest BCUT2D eigenvalue weighted by Gasteiger charge is -1.96. The number of rotatable bonds is 4. The Hall–Kier alpha value is -1.25. The average molecular weight is 164 g/mol. The highest BCUT2D eigenvalue weighted by atomic mass is 16.1. The lowest BCUT2D eigenvalue weighted by molar-refractivity contribution is 0.0979. The summed E-state index contributed by atoms with van der Waals surface area (Å²) in [6.45, 7) is 2.06. The van der Waals surface area contributed by atoms with Crippen molar-refractivity contribution in [2.45, 2.75) is 26.2 Å². The first-order valence-electron chi connectivity index (χ1n) is 4.12.